The van der Waals surface area contributed by atoms with Gasteiger partial charge in [0.2, 0.25) is 0 Å². The lowest BCUT2D eigenvalue weighted by Crippen LogP contribution is -2.17. The van der Waals surface area contributed by atoms with Gasteiger partial charge in [-0.15, -0.1) is 0 Å². The highest BCUT2D eigenvalue weighted by Gasteiger charge is 2.05. The Kier molecular flexibility index (Phi) is 6.85. The molecule has 0 aliphatic rings. The van der Waals surface area contributed by atoms with Crippen molar-refractivity contribution in [1.29, 1.82) is 0 Å². The summed E-state index contributed by atoms with van der Waals surface area (Å²) in [6.07, 6.45) is 1.57. The Morgan fingerprint density at radius 3 is 2.64 bits per heavy atom. The van der Waals surface area contributed by atoms with E-state index >= 15 is 0 Å². The molecule has 3 rings (SSSR count). The first-order valence-electron chi connectivity index (χ1n) is 8.58. The Hall–Kier alpha value is -2.63. The smallest absolute Gasteiger partial charge is 0.271 e. The summed E-state index contributed by atoms with van der Waals surface area (Å²) in [5.74, 6) is 0.439. The number of carbonyl (C=O) groups is 1. The summed E-state index contributed by atoms with van der Waals surface area (Å²) in [6.45, 7) is 2.55. The Morgan fingerprint density at radius 1 is 1.14 bits per heavy atom. The van der Waals surface area contributed by atoms with Crippen molar-refractivity contribution in [3.8, 4) is 5.75 Å². The van der Waals surface area contributed by atoms with Crippen molar-refractivity contribution >= 4 is 39.7 Å². The molecule has 0 unspecified atom stereocenters. The third kappa shape index (κ3) is 5.68. The zero-order chi connectivity index (χ0) is 19.9. The van der Waals surface area contributed by atoms with Crippen LogP contribution in [-0.4, -0.2) is 12.1 Å². The monoisotopic (exact) mass is 456 g/mol. The molecule has 0 fully saturated rings. The van der Waals surface area contributed by atoms with Crippen molar-refractivity contribution in [3.05, 3.63) is 98.5 Å². The van der Waals surface area contributed by atoms with E-state index in [1.807, 2.05) is 30.3 Å². The van der Waals surface area contributed by atoms with Crippen LogP contribution in [0.1, 0.15) is 27.0 Å². The number of carbonyl (C=O) groups excluding carboxylic acids is 1. The van der Waals surface area contributed by atoms with Crippen LogP contribution in [0, 0.1) is 6.92 Å². The van der Waals surface area contributed by atoms with E-state index in [4.69, 9.17) is 16.3 Å². The van der Waals surface area contributed by atoms with Crippen LogP contribution in [0.2, 0.25) is 5.02 Å². The van der Waals surface area contributed by atoms with Crippen LogP contribution in [0.15, 0.2) is 76.3 Å². The Morgan fingerprint density at radius 2 is 1.93 bits per heavy atom. The number of halogens is 2. The van der Waals surface area contributed by atoms with E-state index < -0.39 is 0 Å². The number of nitrogens with zero attached hydrogens (tertiary/aromatic N) is 1. The van der Waals surface area contributed by atoms with Crippen molar-refractivity contribution in [1.82, 2.24) is 5.43 Å². The summed E-state index contributed by atoms with van der Waals surface area (Å²) >= 11 is 9.33. The third-order valence-electron chi connectivity index (χ3n) is 3.92. The van der Waals surface area contributed by atoms with Crippen LogP contribution in [0.5, 0.6) is 5.75 Å². The third-order valence-corrected chi connectivity index (χ3v) is 4.79. The summed E-state index contributed by atoms with van der Waals surface area (Å²) in [5.41, 5.74) is 6.12. The van der Waals surface area contributed by atoms with Gasteiger partial charge in [0.05, 0.1) is 10.7 Å². The van der Waals surface area contributed by atoms with Crippen molar-refractivity contribution in [2.45, 2.75) is 13.5 Å². The SMILES string of the molecule is Cc1cccc(COc2ccc(/C=N\NC(=O)c3ccc(Cl)cc3)cc2Br)c1. The summed E-state index contributed by atoms with van der Waals surface area (Å²) in [6, 6.07) is 20.4. The summed E-state index contributed by atoms with van der Waals surface area (Å²) in [5, 5.41) is 4.57. The van der Waals surface area contributed by atoms with E-state index in [1.165, 1.54) is 5.56 Å². The number of nitrogens with one attached hydrogen (secondary N) is 1. The standard InChI is InChI=1S/C22H18BrClN2O2/c1-15-3-2-4-17(11-15)14-28-21-10-5-16(12-20(21)23)13-25-26-22(27)18-6-8-19(24)9-7-18/h2-13H,14H2,1H3,(H,26,27)/b25-13-. The Labute approximate surface area is 177 Å². The number of hydrogen-bond acceptors (Lipinski definition) is 3. The minimum absolute atomic E-state index is 0.301. The van der Waals surface area contributed by atoms with Crippen molar-refractivity contribution in [2.24, 2.45) is 5.10 Å². The van der Waals surface area contributed by atoms with Crippen LogP contribution < -0.4 is 10.2 Å². The van der Waals surface area contributed by atoms with Gasteiger partial charge in [-0.2, -0.15) is 5.10 Å². The summed E-state index contributed by atoms with van der Waals surface area (Å²) < 4.78 is 6.68. The molecule has 0 aliphatic carbocycles. The fourth-order valence-corrected chi connectivity index (χ4v) is 3.15. The second kappa shape index (κ2) is 9.53. The van der Waals surface area contributed by atoms with E-state index in [-0.39, 0.29) is 5.91 Å². The maximum Gasteiger partial charge on any atom is 0.271 e. The molecule has 3 aromatic rings. The molecule has 0 radical (unpaired) electrons. The van der Waals surface area contributed by atoms with E-state index in [9.17, 15) is 4.79 Å². The lowest BCUT2D eigenvalue weighted by Gasteiger charge is -2.09. The van der Waals surface area contributed by atoms with Crippen LogP contribution in [-0.2, 0) is 6.61 Å². The molecule has 142 valence electrons. The normalized spacial score (nSPS) is 10.8. The van der Waals surface area contributed by atoms with Gasteiger partial charge in [-0.25, -0.2) is 5.43 Å². The molecular formula is C22H18BrClN2O2. The Balaban J connectivity index is 1.58. The maximum atomic E-state index is 12.0. The minimum Gasteiger partial charge on any atom is -0.488 e. The van der Waals surface area contributed by atoms with E-state index in [2.05, 4.69) is 45.5 Å². The van der Waals surface area contributed by atoms with Gasteiger partial charge in [0.1, 0.15) is 12.4 Å². The lowest BCUT2D eigenvalue weighted by molar-refractivity contribution is 0.0955. The maximum absolute atomic E-state index is 12.0. The highest BCUT2D eigenvalue weighted by molar-refractivity contribution is 9.10. The lowest BCUT2D eigenvalue weighted by atomic mass is 10.1. The van der Waals surface area contributed by atoms with Gasteiger partial charge in [-0.05, 0) is 76.4 Å². The van der Waals surface area contributed by atoms with Crippen LogP contribution in [0.4, 0.5) is 0 Å². The molecule has 0 spiro atoms. The fourth-order valence-electron chi connectivity index (χ4n) is 2.51. The van der Waals surface area contributed by atoms with Gasteiger partial charge in [0, 0.05) is 10.6 Å². The summed E-state index contributed by atoms with van der Waals surface area (Å²) in [7, 11) is 0. The Bertz CT molecular complexity index is 1000. The number of rotatable bonds is 6. The van der Waals surface area contributed by atoms with Gasteiger partial charge in [0.25, 0.3) is 5.91 Å². The number of benzene rings is 3. The van der Waals surface area contributed by atoms with Crippen LogP contribution in [0.3, 0.4) is 0 Å². The number of amides is 1. The van der Waals surface area contributed by atoms with Gasteiger partial charge in [0.15, 0.2) is 0 Å². The van der Waals surface area contributed by atoms with Gasteiger partial charge in [-0.3, -0.25) is 4.79 Å². The molecule has 0 saturated heterocycles. The van der Waals surface area contributed by atoms with Gasteiger partial charge < -0.3 is 4.74 Å². The molecule has 0 atom stereocenters. The molecule has 3 aromatic carbocycles. The molecule has 0 aliphatic heterocycles. The average molecular weight is 458 g/mol. The predicted molar refractivity (Wildman–Crippen MR) is 116 cm³/mol. The fraction of sp³-hybridized carbons (Fsp3) is 0.0909. The van der Waals surface area contributed by atoms with E-state index in [0.717, 1.165) is 21.3 Å². The van der Waals surface area contributed by atoms with Gasteiger partial charge >= 0.3 is 0 Å². The van der Waals surface area contributed by atoms with Crippen molar-refractivity contribution in [2.75, 3.05) is 0 Å². The number of hydrogen-bond donors (Lipinski definition) is 1. The molecular weight excluding hydrogens is 440 g/mol. The predicted octanol–water partition coefficient (Wildman–Crippen LogP) is 5.75. The van der Waals surface area contributed by atoms with E-state index in [1.54, 1.807) is 30.5 Å². The molecule has 0 aromatic heterocycles. The van der Waals surface area contributed by atoms with Crippen molar-refractivity contribution < 1.29 is 9.53 Å². The molecule has 6 heteroatoms. The average Bonchev–Trinajstić information content (AvgIpc) is 2.68. The highest BCUT2D eigenvalue weighted by atomic mass is 79.9. The molecule has 0 bridgehead atoms. The first kappa shape index (κ1) is 20.1. The zero-order valence-corrected chi connectivity index (χ0v) is 17.5. The summed E-state index contributed by atoms with van der Waals surface area (Å²) in [4.78, 5) is 12.0. The molecule has 0 saturated carbocycles. The van der Waals surface area contributed by atoms with Gasteiger partial charge in [-0.1, -0.05) is 41.4 Å². The largest absolute Gasteiger partial charge is 0.488 e. The molecule has 4 nitrogen and oxygen atoms in total. The van der Waals surface area contributed by atoms with Crippen molar-refractivity contribution in [3.63, 3.8) is 0 Å². The highest BCUT2D eigenvalue weighted by Crippen LogP contribution is 2.26. The second-order valence-corrected chi connectivity index (χ2v) is 7.46. The number of hydrazone groups is 1. The first-order valence-corrected chi connectivity index (χ1v) is 9.75. The first-order chi connectivity index (χ1) is 13.5. The topological polar surface area (TPSA) is 50.7 Å². The van der Waals surface area contributed by atoms with Crippen LogP contribution >= 0.6 is 27.5 Å². The molecule has 1 amide bonds. The molecule has 0 heterocycles. The number of ether oxygens (including phenoxy) is 1. The second-order valence-electron chi connectivity index (χ2n) is 6.17. The zero-order valence-electron chi connectivity index (χ0n) is 15.2. The van der Waals surface area contributed by atoms with Crippen LogP contribution in [0.25, 0.3) is 0 Å². The number of aryl methyl sites for hydroxylation is 1. The quantitative estimate of drug-likeness (QED) is 0.378. The minimum atomic E-state index is -0.301. The van der Waals surface area contributed by atoms with E-state index in [0.29, 0.717) is 17.2 Å². The molecule has 1 N–H and O–H groups in total. The molecule has 28 heavy (non-hydrogen) atoms.